The van der Waals surface area contributed by atoms with E-state index in [1.54, 1.807) is 24.3 Å². The normalized spacial score (nSPS) is 10.5. The molecule has 6 heteroatoms. The first kappa shape index (κ1) is 15.3. The maximum atomic E-state index is 13.3. The van der Waals surface area contributed by atoms with Crippen molar-refractivity contribution in [3.8, 4) is 11.1 Å². The second-order valence-electron chi connectivity index (χ2n) is 5.06. The molecule has 0 aliphatic carbocycles. The predicted octanol–water partition coefficient (Wildman–Crippen LogP) is 3.58. The van der Waals surface area contributed by atoms with Crippen LogP contribution in [0.2, 0.25) is 0 Å². The molecule has 3 rings (SSSR count). The molecule has 1 amide bonds. The minimum Gasteiger partial charge on any atom is -0.347 e. The summed E-state index contributed by atoms with van der Waals surface area (Å²) in [5, 5.41) is 6.76. The highest BCUT2D eigenvalue weighted by atomic mass is 32.1. The van der Waals surface area contributed by atoms with Crippen LogP contribution in [0.25, 0.3) is 11.1 Å². The summed E-state index contributed by atoms with van der Waals surface area (Å²) in [4.78, 5) is 13.2. The van der Waals surface area contributed by atoms with Crippen molar-refractivity contribution in [3.05, 3.63) is 70.5 Å². The van der Waals surface area contributed by atoms with Gasteiger partial charge in [0.25, 0.3) is 5.91 Å². The zero-order valence-corrected chi connectivity index (χ0v) is 13.2. The summed E-state index contributed by atoms with van der Waals surface area (Å²) >= 11 is 1.27. The van der Waals surface area contributed by atoms with Crippen molar-refractivity contribution in [3.63, 3.8) is 0 Å². The predicted molar refractivity (Wildman–Crippen MR) is 87.7 cm³/mol. The topological polar surface area (TPSA) is 54.9 Å². The molecule has 0 aliphatic rings. The molecular weight excluding hydrogens is 313 g/mol. The molecule has 116 valence electrons. The molecule has 23 heavy (non-hydrogen) atoms. The molecule has 0 saturated carbocycles. The fourth-order valence-corrected chi connectivity index (χ4v) is 2.76. The number of nitrogens with one attached hydrogen (secondary N) is 1. The molecule has 0 bridgehead atoms. The third-order valence-electron chi connectivity index (χ3n) is 3.44. The Kier molecular flexibility index (Phi) is 4.43. The SMILES string of the molecule is Cc1nnsc1CNC(=O)c1cccc(-c2cccc(F)c2)c1. The molecule has 0 spiro atoms. The average Bonchev–Trinajstić information content (AvgIpc) is 2.98. The van der Waals surface area contributed by atoms with E-state index in [4.69, 9.17) is 0 Å². The van der Waals surface area contributed by atoms with Crippen molar-refractivity contribution in [2.75, 3.05) is 0 Å². The molecule has 1 N–H and O–H groups in total. The Balaban J connectivity index is 1.76. The van der Waals surface area contributed by atoms with E-state index in [0.717, 1.165) is 21.7 Å². The van der Waals surface area contributed by atoms with Crippen LogP contribution in [0.1, 0.15) is 20.9 Å². The van der Waals surface area contributed by atoms with Gasteiger partial charge in [-0.3, -0.25) is 4.79 Å². The van der Waals surface area contributed by atoms with Crippen LogP contribution >= 0.6 is 11.5 Å². The van der Waals surface area contributed by atoms with Crippen LogP contribution in [0.15, 0.2) is 48.5 Å². The lowest BCUT2D eigenvalue weighted by molar-refractivity contribution is 0.0951. The van der Waals surface area contributed by atoms with E-state index < -0.39 is 0 Å². The fourth-order valence-electron chi connectivity index (χ4n) is 2.18. The van der Waals surface area contributed by atoms with Gasteiger partial charge in [-0.1, -0.05) is 28.8 Å². The zero-order chi connectivity index (χ0) is 16.2. The van der Waals surface area contributed by atoms with Crippen molar-refractivity contribution < 1.29 is 9.18 Å². The van der Waals surface area contributed by atoms with Crippen molar-refractivity contribution in [1.29, 1.82) is 0 Å². The van der Waals surface area contributed by atoms with E-state index in [9.17, 15) is 9.18 Å². The van der Waals surface area contributed by atoms with Gasteiger partial charge < -0.3 is 5.32 Å². The molecule has 0 saturated heterocycles. The van der Waals surface area contributed by atoms with Crippen molar-refractivity contribution >= 4 is 17.4 Å². The fraction of sp³-hybridized carbons (Fsp3) is 0.118. The van der Waals surface area contributed by atoms with Gasteiger partial charge in [0.05, 0.1) is 17.1 Å². The number of rotatable bonds is 4. The number of aromatic nitrogens is 2. The third-order valence-corrected chi connectivity index (χ3v) is 4.26. The van der Waals surface area contributed by atoms with Crippen LogP contribution in [0, 0.1) is 12.7 Å². The second kappa shape index (κ2) is 6.66. The second-order valence-corrected chi connectivity index (χ2v) is 5.89. The largest absolute Gasteiger partial charge is 0.347 e. The summed E-state index contributed by atoms with van der Waals surface area (Å²) in [5.41, 5.74) is 2.89. The highest BCUT2D eigenvalue weighted by molar-refractivity contribution is 7.05. The number of carbonyl (C=O) groups excluding carboxylic acids is 1. The first-order chi connectivity index (χ1) is 11.1. The number of halogens is 1. The lowest BCUT2D eigenvalue weighted by atomic mass is 10.0. The lowest BCUT2D eigenvalue weighted by Gasteiger charge is -2.07. The molecule has 1 heterocycles. The summed E-state index contributed by atoms with van der Waals surface area (Å²) in [7, 11) is 0. The Hall–Kier alpha value is -2.60. The highest BCUT2D eigenvalue weighted by Gasteiger charge is 2.09. The van der Waals surface area contributed by atoms with Crippen LogP contribution in [0.4, 0.5) is 4.39 Å². The van der Waals surface area contributed by atoms with E-state index in [-0.39, 0.29) is 11.7 Å². The van der Waals surface area contributed by atoms with Gasteiger partial charge in [-0.15, -0.1) is 5.10 Å². The lowest BCUT2D eigenvalue weighted by Crippen LogP contribution is -2.22. The summed E-state index contributed by atoms with van der Waals surface area (Å²) in [5.74, 6) is -0.485. The summed E-state index contributed by atoms with van der Waals surface area (Å²) in [6.45, 7) is 2.25. The first-order valence-corrected chi connectivity index (χ1v) is 7.83. The maximum absolute atomic E-state index is 13.3. The Morgan fingerprint density at radius 2 is 1.91 bits per heavy atom. The van der Waals surface area contributed by atoms with E-state index in [1.165, 1.54) is 23.7 Å². The molecule has 0 aliphatic heterocycles. The number of hydrogen-bond donors (Lipinski definition) is 1. The molecular formula is C17H14FN3OS. The third kappa shape index (κ3) is 3.60. The molecule has 3 aromatic rings. The number of carbonyl (C=O) groups is 1. The van der Waals surface area contributed by atoms with E-state index in [1.807, 2.05) is 19.1 Å². The van der Waals surface area contributed by atoms with Crippen molar-refractivity contribution in [1.82, 2.24) is 14.9 Å². The smallest absolute Gasteiger partial charge is 0.251 e. The van der Waals surface area contributed by atoms with Crippen LogP contribution in [0.5, 0.6) is 0 Å². The summed E-state index contributed by atoms with van der Waals surface area (Å²) < 4.78 is 17.2. The monoisotopic (exact) mass is 327 g/mol. The van der Waals surface area contributed by atoms with Gasteiger partial charge in [0.1, 0.15) is 5.82 Å². The number of aryl methyl sites for hydroxylation is 1. The Labute approximate surface area is 137 Å². The van der Waals surface area contributed by atoms with Gasteiger partial charge in [-0.05, 0) is 53.8 Å². The summed E-state index contributed by atoms with van der Waals surface area (Å²) in [6, 6.07) is 13.4. The molecule has 0 unspecified atom stereocenters. The van der Waals surface area contributed by atoms with Gasteiger partial charge in [0, 0.05) is 5.56 Å². The van der Waals surface area contributed by atoms with Crippen molar-refractivity contribution in [2.45, 2.75) is 13.5 Å². The summed E-state index contributed by atoms with van der Waals surface area (Å²) in [6.07, 6.45) is 0. The van der Waals surface area contributed by atoms with E-state index >= 15 is 0 Å². The molecule has 0 fully saturated rings. The number of nitrogens with zero attached hydrogens (tertiary/aromatic N) is 2. The number of hydrogen-bond acceptors (Lipinski definition) is 4. The Morgan fingerprint density at radius 1 is 1.17 bits per heavy atom. The van der Waals surface area contributed by atoms with Gasteiger partial charge in [0.2, 0.25) is 0 Å². The molecule has 2 aromatic carbocycles. The Morgan fingerprint density at radius 3 is 2.61 bits per heavy atom. The molecule has 4 nitrogen and oxygen atoms in total. The Bertz CT molecular complexity index is 847. The van der Waals surface area contributed by atoms with Crippen LogP contribution in [0.3, 0.4) is 0 Å². The number of benzene rings is 2. The zero-order valence-electron chi connectivity index (χ0n) is 12.4. The van der Waals surface area contributed by atoms with Gasteiger partial charge in [-0.25, -0.2) is 4.39 Å². The van der Waals surface area contributed by atoms with Crippen LogP contribution in [-0.4, -0.2) is 15.5 Å². The quantitative estimate of drug-likeness (QED) is 0.797. The van der Waals surface area contributed by atoms with Crippen LogP contribution < -0.4 is 5.32 Å². The van der Waals surface area contributed by atoms with Crippen molar-refractivity contribution in [2.24, 2.45) is 0 Å². The maximum Gasteiger partial charge on any atom is 0.251 e. The number of amides is 1. The molecule has 0 atom stereocenters. The van der Waals surface area contributed by atoms with Gasteiger partial charge in [-0.2, -0.15) is 0 Å². The van der Waals surface area contributed by atoms with E-state index in [2.05, 4.69) is 14.9 Å². The molecule has 0 radical (unpaired) electrons. The minimum absolute atomic E-state index is 0.184. The van der Waals surface area contributed by atoms with Crippen LogP contribution in [-0.2, 0) is 6.54 Å². The first-order valence-electron chi connectivity index (χ1n) is 7.05. The van der Waals surface area contributed by atoms with E-state index in [0.29, 0.717) is 12.1 Å². The van der Waals surface area contributed by atoms with Gasteiger partial charge >= 0.3 is 0 Å². The highest BCUT2D eigenvalue weighted by Crippen LogP contribution is 2.21. The average molecular weight is 327 g/mol. The minimum atomic E-state index is -0.300. The van der Waals surface area contributed by atoms with Gasteiger partial charge in [0.15, 0.2) is 0 Å². The molecule has 1 aromatic heterocycles. The standard InChI is InChI=1S/C17H14FN3OS/c1-11-16(23-21-20-11)10-19-17(22)14-6-2-4-12(8-14)13-5-3-7-15(18)9-13/h2-9H,10H2,1H3,(H,19,22).